The van der Waals surface area contributed by atoms with Crippen LogP contribution in [0.15, 0.2) is 36.4 Å². The van der Waals surface area contributed by atoms with Crippen molar-refractivity contribution in [3.8, 4) is 0 Å². The largest absolute Gasteiger partial charge is 0.310 e. The van der Waals surface area contributed by atoms with Gasteiger partial charge in [-0.25, -0.2) is 8.78 Å². The van der Waals surface area contributed by atoms with Crippen molar-refractivity contribution >= 4 is 0 Å². The molecule has 2 aromatic rings. The van der Waals surface area contributed by atoms with Crippen molar-refractivity contribution in [1.29, 1.82) is 0 Å². The van der Waals surface area contributed by atoms with Crippen molar-refractivity contribution < 1.29 is 8.78 Å². The van der Waals surface area contributed by atoms with Gasteiger partial charge in [0.25, 0.3) is 0 Å². The third-order valence-corrected chi connectivity index (χ3v) is 3.91. The third-order valence-electron chi connectivity index (χ3n) is 3.91. The highest BCUT2D eigenvalue weighted by Crippen LogP contribution is 2.25. The lowest BCUT2D eigenvalue weighted by atomic mass is 9.93. The molecule has 0 aliphatic heterocycles. The zero-order chi connectivity index (χ0) is 15.4. The average Bonchev–Trinajstić information content (AvgIpc) is 2.44. The molecule has 0 aliphatic rings. The maximum atomic E-state index is 13.9. The topological polar surface area (TPSA) is 12.0 Å². The van der Waals surface area contributed by atoms with Crippen LogP contribution in [0, 0.1) is 25.5 Å². The summed E-state index contributed by atoms with van der Waals surface area (Å²) >= 11 is 0. The molecular formula is C18H21F2N. The Kier molecular flexibility index (Phi) is 5.07. The van der Waals surface area contributed by atoms with Gasteiger partial charge in [-0.2, -0.15) is 0 Å². The molecule has 1 atom stereocenters. The van der Waals surface area contributed by atoms with E-state index in [0.29, 0.717) is 12.0 Å². The quantitative estimate of drug-likeness (QED) is 0.856. The summed E-state index contributed by atoms with van der Waals surface area (Å²) in [5.41, 5.74) is 4.13. The molecule has 1 unspecified atom stereocenters. The predicted octanol–water partition coefficient (Wildman–Crippen LogP) is 4.47. The maximum Gasteiger partial charge on any atom is 0.129 e. The molecule has 2 rings (SSSR count). The zero-order valence-corrected chi connectivity index (χ0v) is 12.7. The fourth-order valence-corrected chi connectivity index (χ4v) is 2.60. The smallest absolute Gasteiger partial charge is 0.129 e. The molecule has 0 spiro atoms. The van der Waals surface area contributed by atoms with Gasteiger partial charge in [-0.3, -0.25) is 0 Å². The van der Waals surface area contributed by atoms with Crippen molar-refractivity contribution in [2.45, 2.75) is 33.2 Å². The van der Waals surface area contributed by atoms with E-state index in [1.165, 1.54) is 28.8 Å². The Hall–Kier alpha value is -1.74. The number of rotatable bonds is 5. The highest BCUT2D eigenvalue weighted by molar-refractivity contribution is 5.36. The molecule has 112 valence electrons. The van der Waals surface area contributed by atoms with E-state index in [1.54, 1.807) is 0 Å². The van der Waals surface area contributed by atoms with Crippen molar-refractivity contribution in [3.05, 3.63) is 70.3 Å². The molecule has 0 saturated carbocycles. The molecule has 2 aromatic carbocycles. The number of hydrogen-bond acceptors (Lipinski definition) is 1. The molecular weight excluding hydrogens is 268 g/mol. The molecule has 0 radical (unpaired) electrons. The monoisotopic (exact) mass is 289 g/mol. The lowest BCUT2D eigenvalue weighted by Gasteiger charge is -2.22. The lowest BCUT2D eigenvalue weighted by molar-refractivity contribution is 0.519. The van der Waals surface area contributed by atoms with Crippen LogP contribution in [0.25, 0.3) is 0 Å². The molecule has 0 aliphatic carbocycles. The maximum absolute atomic E-state index is 13.9. The van der Waals surface area contributed by atoms with Gasteiger partial charge in [-0.15, -0.1) is 0 Å². The summed E-state index contributed by atoms with van der Waals surface area (Å²) in [5.74, 6) is -1.02. The van der Waals surface area contributed by atoms with Crippen LogP contribution < -0.4 is 5.32 Å². The number of likely N-dealkylation sites (N-methyl/N-ethyl adjacent to an activating group) is 1. The van der Waals surface area contributed by atoms with Crippen LogP contribution >= 0.6 is 0 Å². The van der Waals surface area contributed by atoms with Crippen molar-refractivity contribution in [2.75, 3.05) is 6.54 Å². The second-order valence-electron chi connectivity index (χ2n) is 5.34. The van der Waals surface area contributed by atoms with Crippen LogP contribution in [0.5, 0.6) is 0 Å². The fourth-order valence-electron chi connectivity index (χ4n) is 2.60. The van der Waals surface area contributed by atoms with Crippen LogP contribution in [-0.4, -0.2) is 6.54 Å². The van der Waals surface area contributed by atoms with E-state index in [4.69, 9.17) is 0 Å². The second kappa shape index (κ2) is 6.81. The van der Waals surface area contributed by atoms with E-state index in [9.17, 15) is 8.78 Å². The molecule has 0 fully saturated rings. The molecule has 0 aromatic heterocycles. The summed E-state index contributed by atoms with van der Waals surface area (Å²) in [5, 5.41) is 3.40. The first kappa shape index (κ1) is 15.6. The third kappa shape index (κ3) is 3.67. The van der Waals surface area contributed by atoms with E-state index in [1.807, 2.05) is 13.0 Å². The molecule has 0 bridgehead atoms. The van der Waals surface area contributed by atoms with E-state index in [-0.39, 0.29) is 6.04 Å². The van der Waals surface area contributed by atoms with Gasteiger partial charge in [0.05, 0.1) is 0 Å². The highest BCUT2D eigenvalue weighted by Gasteiger charge is 2.16. The minimum Gasteiger partial charge on any atom is -0.310 e. The van der Waals surface area contributed by atoms with E-state index < -0.39 is 11.6 Å². The molecule has 0 heterocycles. The number of halogens is 2. The van der Waals surface area contributed by atoms with E-state index >= 15 is 0 Å². The fraction of sp³-hybridized carbons (Fsp3) is 0.333. The first-order valence-corrected chi connectivity index (χ1v) is 7.26. The Labute approximate surface area is 125 Å². The van der Waals surface area contributed by atoms with Crippen molar-refractivity contribution in [1.82, 2.24) is 5.32 Å². The molecule has 1 nitrogen and oxygen atoms in total. The molecule has 1 N–H and O–H groups in total. The standard InChI is InChI=1S/C18H21F2N/c1-4-21-18(16-7-5-6-12(2)13(16)3)10-14-8-9-15(19)11-17(14)20/h5-9,11,18,21H,4,10H2,1-3H3. The Bertz CT molecular complexity index is 623. The predicted molar refractivity (Wildman–Crippen MR) is 82.4 cm³/mol. The van der Waals surface area contributed by atoms with Gasteiger partial charge in [-0.1, -0.05) is 31.2 Å². The van der Waals surface area contributed by atoms with Gasteiger partial charge in [-0.05, 0) is 55.1 Å². The first-order chi connectivity index (χ1) is 10.0. The normalized spacial score (nSPS) is 12.4. The van der Waals surface area contributed by atoms with Gasteiger partial charge in [0, 0.05) is 12.1 Å². The minimum absolute atomic E-state index is 0.0230. The number of benzene rings is 2. The molecule has 21 heavy (non-hydrogen) atoms. The highest BCUT2D eigenvalue weighted by atomic mass is 19.1. The second-order valence-corrected chi connectivity index (χ2v) is 5.34. The number of nitrogens with one attached hydrogen (secondary N) is 1. The van der Waals surface area contributed by atoms with Crippen LogP contribution in [0.1, 0.15) is 35.2 Å². The van der Waals surface area contributed by atoms with Crippen LogP contribution in [0.3, 0.4) is 0 Å². The van der Waals surface area contributed by atoms with Gasteiger partial charge in [0.2, 0.25) is 0 Å². The average molecular weight is 289 g/mol. The van der Waals surface area contributed by atoms with Gasteiger partial charge in [0.1, 0.15) is 11.6 Å². The summed E-state index contributed by atoms with van der Waals surface area (Å²) < 4.78 is 26.9. The summed E-state index contributed by atoms with van der Waals surface area (Å²) in [4.78, 5) is 0. The molecule has 0 amide bonds. The zero-order valence-electron chi connectivity index (χ0n) is 12.7. The van der Waals surface area contributed by atoms with Gasteiger partial charge in [0.15, 0.2) is 0 Å². The van der Waals surface area contributed by atoms with Crippen LogP contribution in [0.4, 0.5) is 8.78 Å². The number of aryl methyl sites for hydroxylation is 1. The Morgan fingerprint density at radius 3 is 2.52 bits per heavy atom. The van der Waals surface area contributed by atoms with Crippen LogP contribution in [0.2, 0.25) is 0 Å². The van der Waals surface area contributed by atoms with Crippen LogP contribution in [-0.2, 0) is 6.42 Å². The number of hydrogen-bond donors (Lipinski definition) is 1. The van der Waals surface area contributed by atoms with Crippen molar-refractivity contribution in [3.63, 3.8) is 0 Å². The minimum atomic E-state index is -0.539. The van der Waals surface area contributed by atoms with Gasteiger partial charge >= 0.3 is 0 Å². The molecule has 3 heteroatoms. The Morgan fingerprint density at radius 2 is 1.86 bits per heavy atom. The molecule has 0 saturated heterocycles. The first-order valence-electron chi connectivity index (χ1n) is 7.26. The van der Waals surface area contributed by atoms with E-state index in [2.05, 4.69) is 31.3 Å². The summed E-state index contributed by atoms with van der Waals surface area (Å²) in [6.45, 7) is 6.97. The summed E-state index contributed by atoms with van der Waals surface area (Å²) in [6.07, 6.45) is 0.504. The van der Waals surface area contributed by atoms with E-state index in [0.717, 1.165) is 12.6 Å². The summed E-state index contributed by atoms with van der Waals surface area (Å²) in [6, 6.07) is 9.96. The van der Waals surface area contributed by atoms with Gasteiger partial charge < -0.3 is 5.32 Å². The van der Waals surface area contributed by atoms with Crippen molar-refractivity contribution in [2.24, 2.45) is 0 Å². The lowest BCUT2D eigenvalue weighted by Crippen LogP contribution is -2.24. The SMILES string of the molecule is CCNC(Cc1ccc(F)cc1F)c1cccc(C)c1C. The Morgan fingerprint density at radius 1 is 1.10 bits per heavy atom. The Balaban J connectivity index is 2.33. The summed E-state index contributed by atoms with van der Waals surface area (Å²) in [7, 11) is 0.